The Hall–Kier alpha value is -2.49. The molecule has 0 radical (unpaired) electrons. The zero-order chi connectivity index (χ0) is 16.9. The van der Waals surface area contributed by atoms with E-state index in [1.54, 1.807) is 4.90 Å². The van der Waals surface area contributed by atoms with Crippen molar-refractivity contribution in [3.8, 4) is 5.75 Å². The average molecular weight is 324 g/mol. The van der Waals surface area contributed by atoms with Crippen molar-refractivity contribution in [2.45, 2.75) is 19.8 Å². The minimum absolute atomic E-state index is 0.0592. The molecule has 1 aliphatic rings. The van der Waals surface area contributed by atoms with Gasteiger partial charge in [0, 0.05) is 24.8 Å². The highest BCUT2D eigenvalue weighted by atomic mass is 16.5. The second kappa shape index (κ2) is 7.39. The van der Waals surface area contributed by atoms with Crippen molar-refractivity contribution in [2.24, 2.45) is 0 Å². The van der Waals surface area contributed by atoms with Crippen molar-refractivity contribution in [2.75, 3.05) is 32.1 Å². The molecule has 0 aromatic heterocycles. The lowest BCUT2D eigenvalue weighted by molar-refractivity contribution is 0.0772. The Bertz CT molecular complexity index is 727. The fourth-order valence-electron chi connectivity index (χ4n) is 3.03. The number of nitrogens with one attached hydrogen (secondary N) is 1. The van der Waals surface area contributed by atoms with Crippen molar-refractivity contribution < 1.29 is 9.53 Å². The number of amides is 1. The van der Waals surface area contributed by atoms with E-state index in [1.165, 1.54) is 0 Å². The van der Waals surface area contributed by atoms with Crippen LogP contribution in [0.2, 0.25) is 0 Å². The molecule has 2 aromatic carbocycles. The molecular weight excluding hydrogens is 300 g/mol. The van der Waals surface area contributed by atoms with Crippen LogP contribution in [0, 0.1) is 6.92 Å². The molecule has 2 aromatic rings. The Morgan fingerprint density at radius 3 is 2.88 bits per heavy atom. The van der Waals surface area contributed by atoms with Crippen molar-refractivity contribution in [1.29, 1.82) is 0 Å². The summed E-state index contributed by atoms with van der Waals surface area (Å²) >= 11 is 0. The maximum Gasteiger partial charge on any atom is 0.254 e. The molecular formula is C20H24N2O2. The van der Waals surface area contributed by atoms with Crippen LogP contribution in [-0.4, -0.2) is 37.6 Å². The van der Waals surface area contributed by atoms with E-state index in [2.05, 4.69) is 5.32 Å². The van der Waals surface area contributed by atoms with Gasteiger partial charge in [-0.2, -0.15) is 0 Å². The molecule has 1 aliphatic heterocycles. The zero-order valence-electron chi connectivity index (χ0n) is 14.3. The number of nitrogens with zero attached hydrogens (tertiary/aromatic N) is 1. The highest BCUT2D eigenvalue weighted by Crippen LogP contribution is 2.26. The first-order valence-corrected chi connectivity index (χ1v) is 8.46. The number of carbonyl (C=O) groups is 1. The summed E-state index contributed by atoms with van der Waals surface area (Å²) in [4.78, 5) is 14.5. The van der Waals surface area contributed by atoms with Crippen LogP contribution in [0.4, 0.5) is 5.69 Å². The number of aryl methyl sites for hydroxylation is 1. The third-order valence-electron chi connectivity index (χ3n) is 4.45. The highest BCUT2D eigenvalue weighted by molar-refractivity contribution is 5.97. The van der Waals surface area contributed by atoms with E-state index in [-0.39, 0.29) is 5.91 Å². The Balaban J connectivity index is 1.62. The molecule has 24 heavy (non-hydrogen) atoms. The van der Waals surface area contributed by atoms with Crippen LogP contribution < -0.4 is 10.1 Å². The van der Waals surface area contributed by atoms with Crippen LogP contribution in [0.15, 0.2) is 42.5 Å². The average Bonchev–Trinajstić information content (AvgIpc) is 2.62. The van der Waals surface area contributed by atoms with E-state index in [9.17, 15) is 4.79 Å². The first-order chi connectivity index (χ1) is 11.7. The van der Waals surface area contributed by atoms with Gasteiger partial charge in [0.2, 0.25) is 0 Å². The first kappa shape index (κ1) is 16.4. The molecule has 0 spiro atoms. The molecule has 0 bridgehead atoms. The van der Waals surface area contributed by atoms with Crippen LogP contribution >= 0.6 is 0 Å². The van der Waals surface area contributed by atoms with Gasteiger partial charge in [-0.3, -0.25) is 4.79 Å². The SMILES string of the molecule is Cc1ccccc1OCCN(C)C(=O)c1cccc2c1CCCN2. The van der Waals surface area contributed by atoms with E-state index in [4.69, 9.17) is 4.74 Å². The lowest BCUT2D eigenvalue weighted by Gasteiger charge is -2.23. The summed E-state index contributed by atoms with van der Waals surface area (Å²) in [5.41, 5.74) is 4.14. The number of ether oxygens (including phenoxy) is 1. The smallest absolute Gasteiger partial charge is 0.254 e. The van der Waals surface area contributed by atoms with Crippen LogP contribution in [0.3, 0.4) is 0 Å². The Morgan fingerprint density at radius 1 is 1.21 bits per heavy atom. The van der Waals surface area contributed by atoms with Gasteiger partial charge in [-0.25, -0.2) is 0 Å². The van der Waals surface area contributed by atoms with E-state index >= 15 is 0 Å². The third-order valence-corrected chi connectivity index (χ3v) is 4.45. The minimum atomic E-state index is 0.0592. The van der Waals surface area contributed by atoms with Gasteiger partial charge < -0.3 is 15.0 Å². The Morgan fingerprint density at radius 2 is 2.04 bits per heavy atom. The molecule has 126 valence electrons. The number of benzene rings is 2. The largest absolute Gasteiger partial charge is 0.491 e. The topological polar surface area (TPSA) is 41.6 Å². The summed E-state index contributed by atoms with van der Waals surface area (Å²) in [5.74, 6) is 0.934. The van der Waals surface area contributed by atoms with E-state index < -0.39 is 0 Å². The predicted molar refractivity (Wildman–Crippen MR) is 96.9 cm³/mol. The molecule has 3 rings (SSSR count). The second-order valence-corrected chi connectivity index (χ2v) is 6.20. The van der Waals surface area contributed by atoms with Crippen LogP contribution in [-0.2, 0) is 6.42 Å². The minimum Gasteiger partial charge on any atom is -0.491 e. The van der Waals surface area contributed by atoms with Gasteiger partial charge >= 0.3 is 0 Å². The van der Waals surface area contributed by atoms with E-state index in [1.807, 2.05) is 56.4 Å². The lowest BCUT2D eigenvalue weighted by atomic mass is 9.97. The van der Waals surface area contributed by atoms with Gasteiger partial charge in [0.25, 0.3) is 5.91 Å². The van der Waals surface area contributed by atoms with Crippen molar-refractivity contribution in [3.05, 3.63) is 59.2 Å². The molecule has 0 aliphatic carbocycles. The molecule has 0 fully saturated rings. The molecule has 0 saturated heterocycles. The normalized spacial score (nSPS) is 12.9. The lowest BCUT2D eigenvalue weighted by Crippen LogP contribution is -2.32. The predicted octanol–water partition coefficient (Wildman–Crippen LogP) is 3.50. The standard InChI is InChI=1S/C20H24N2O2/c1-15-7-3-4-11-19(15)24-14-13-22(2)20(23)17-8-5-10-18-16(17)9-6-12-21-18/h3-5,7-8,10-11,21H,6,9,12-14H2,1-2H3. The monoisotopic (exact) mass is 324 g/mol. The van der Waals surface area contributed by atoms with Crippen molar-refractivity contribution in [3.63, 3.8) is 0 Å². The summed E-state index contributed by atoms with van der Waals surface area (Å²) in [6, 6.07) is 13.8. The third kappa shape index (κ3) is 3.53. The van der Waals surface area contributed by atoms with Gasteiger partial charge in [0.15, 0.2) is 0 Å². The number of carbonyl (C=O) groups excluding carboxylic acids is 1. The Labute approximate surface area is 143 Å². The van der Waals surface area contributed by atoms with Gasteiger partial charge in [0.1, 0.15) is 12.4 Å². The van der Waals surface area contributed by atoms with Crippen LogP contribution in [0.5, 0.6) is 5.75 Å². The maximum atomic E-state index is 12.8. The zero-order valence-corrected chi connectivity index (χ0v) is 14.3. The van der Waals surface area contributed by atoms with Crippen LogP contribution in [0.25, 0.3) is 0 Å². The summed E-state index contributed by atoms with van der Waals surface area (Å²) in [5, 5.41) is 3.37. The van der Waals surface area contributed by atoms with E-state index in [0.29, 0.717) is 13.2 Å². The number of hydrogen-bond donors (Lipinski definition) is 1. The van der Waals surface area contributed by atoms with E-state index in [0.717, 1.165) is 47.5 Å². The molecule has 4 heteroatoms. The van der Waals surface area contributed by atoms with Crippen LogP contribution in [0.1, 0.15) is 27.9 Å². The molecule has 4 nitrogen and oxygen atoms in total. The molecule has 0 atom stereocenters. The quantitative estimate of drug-likeness (QED) is 0.915. The Kier molecular flexibility index (Phi) is 5.04. The summed E-state index contributed by atoms with van der Waals surface area (Å²) in [6.07, 6.45) is 2.02. The molecule has 0 unspecified atom stereocenters. The molecule has 1 amide bonds. The number of para-hydroxylation sites is 1. The number of likely N-dealkylation sites (N-methyl/N-ethyl adjacent to an activating group) is 1. The number of fused-ring (bicyclic) bond motifs is 1. The van der Waals surface area contributed by atoms with Gasteiger partial charge in [-0.1, -0.05) is 24.3 Å². The number of anilines is 1. The van der Waals surface area contributed by atoms with Gasteiger partial charge in [0.05, 0.1) is 6.54 Å². The fourth-order valence-corrected chi connectivity index (χ4v) is 3.03. The second-order valence-electron chi connectivity index (χ2n) is 6.20. The summed E-state index contributed by atoms with van der Waals surface area (Å²) in [7, 11) is 1.83. The highest BCUT2D eigenvalue weighted by Gasteiger charge is 2.19. The fraction of sp³-hybridized carbons (Fsp3) is 0.350. The molecule has 1 N–H and O–H groups in total. The van der Waals surface area contributed by atoms with Gasteiger partial charge in [-0.05, 0) is 49.1 Å². The van der Waals surface area contributed by atoms with Gasteiger partial charge in [-0.15, -0.1) is 0 Å². The summed E-state index contributed by atoms with van der Waals surface area (Å²) < 4.78 is 5.80. The summed E-state index contributed by atoms with van der Waals surface area (Å²) in [6.45, 7) is 4.04. The first-order valence-electron chi connectivity index (χ1n) is 8.46. The molecule has 0 saturated carbocycles. The van der Waals surface area contributed by atoms with Crippen molar-refractivity contribution in [1.82, 2.24) is 4.90 Å². The number of rotatable bonds is 5. The maximum absolute atomic E-state index is 12.8. The number of hydrogen-bond acceptors (Lipinski definition) is 3. The molecule has 1 heterocycles. The van der Waals surface area contributed by atoms with Crippen molar-refractivity contribution >= 4 is 11.6 Å².